The Morgan fingerprint density at radius 1 is 1.44 bits per heavy atom. The number of amides is 1. The van der Waals surface area contributed by atoms with Crippen LogP contribution in [0.5, 0.6) is 0 Å². The van der Waals surface area contributed by atoms with Gasteiger partial charge in [0.1, 0.15) is 12.4 Å². The Morgan fingerprint density at radius 2 is 2.25 bits per heavy atom. The number of anilines is 2. The number of nitrogen functional groups attached to an aromatic ring is 1. The van der Waals surface area contributed by atoms with Gasteiger partial charge in [0, 0.05) is 25.5 Å². The van der Waals surface area contributed by atoms with E-state index in [9.17, 15) is 4.79 Å². The van der Waals surface area contributed by atoms with Crippen LogP contribution in [0.25, 0.3) is 0 Å². The van der Waals surface area contributed by atoms with Gasteiger partial charge >= 0.3 is 0 Å². The number of hydrogen-bond acceptors (Lipinski definition) is 4. The second-order valence-electron chi connectivity index (χ2n) is 3.36. The van der Waals surface area contributed by atoms with Crippen molar-refractivity contribution in [3.8, 4) is 0 Å². The molecule has 0 aliphatic carbocycles. The van der Waals surface area contributed by atoms with Crippen LogP contribution in [0.2, 0.25) is 0 Å². The van der Waals surface area contributed by atoms with Gasteiger partial charge in [-0.2, -0.15) is 10.2 Å². The minimum absolute atomic E-state index is 0.119. The average molecular weight is 220 g/mol. The topological polar surface area (TPSA) is 90.8 Å². The van der Waals surface area contributed by atoms with Gasteiger partial charge in [0.25, 0.3) is 0 Å². The Balaban J connectivity index is 1.94. The average Bonchev–Trinajstić information content (AvgIpc) is 2.76. The number of nitrogens with one attached hydrogen (secondary N) is 1. The SMILES string of the molecule is Cn1ccc(NC(=O)Cn2ccc(N)n2)n1. The van der Waals surface area contributed by atoms with Crippen molar-refractivity contribution in [2.24, 2.45) is 7.05 Å². The third-order valence-corrected chi connectivity index (χ3v) is 1.95. The lowest BCUT2D eigenvalue weighted by molar-refractivity contribution is -0.116. The lowest BCUT2D eigenvalue weighted by Crippen LogP contribution is -2.19. The van der Waals surface area contributed by atoms with Gasteiger partial charge in [-0.3, -0.25) is 14.2 Å². The Bertz CT molecular complexity index is 455. The Hall–Kier alpha value is -2.31. The minimum Gasteiger partial charge on any atom is -0.382 e. The first-order valence-electron chi connectivity index (χ1n) is 4.72. The summed E-state index contributed by atoms with van der Waals surface area (Å²) in [7, 11) is 1.78. The Morgan fingerprint density at radius 3 is 2.81 bits per heavy atom. The summed E-state index contributed by atoms with van der Waals surface area (Å²) in [6, 6.07) is 3.35. The molecule has 7 nitrogen and oxygen atoms in total. The summed E-state index contributed by atoms with van der Waals surface area (Å²) in [5, 5.41) is 10.6. The van der Waals surface area contributed by atoms with Gasteiger partial charge in [-0.25, -0.2) is 0 Å². The first-order chi connectivity index (χ1) is 7.63. The molecule has 2 aromatic heterocycles. The van der Waals surface area contributed by atoms with Gasteiger partial charge in [-0.05, 0) is 6.07 Å². The summed E-state index contributed by atoms with van der Waals surface area (Å²) in [6.07, 6.45) is 3.40. The maximum Gasteiger partial charge on any atom is 0.247 e. The maximum absolute atomic E-state index is 11.5. The summed E-state index contributed by atoms with van der Waals surface area (Å²) in [5.74, 6) is 0.722. The molecule has 0 aliphatic heterocycles. The molecule has 0 aliphatic rings. The number of nitrogens with zero attached hydrogens (tertiary/aromatic N) is 4. The second kappa shape index (κ2) is 4.05. The molecule has 7 heteroatoms. The smallest absolute Gasteiger partial charge is 0.247 e. The molecule has 0 fully saturated rings. The Kier molecular flexibility index (Phi) is 2.59. The molecule has 2 heterocycles. The van der Waals surface area contributed by atoms with Crippen LogP contribution in [0.15, 0.2) is 24.5 Å². The number of carbonyl (C=O) groups excluding carboxylic acids is 1. The molecule has 0 spiro atoms. The quantitative estimate of drug-likeness (QED) is 0.751. The molecule has 0 aromatic carbocycles. The molecular weight excluding hydrogens is 208 g/mol. The molecule has 84 valence electrons. The molecule has 0 saturated heterocycles. The third-order valence-electron chi connectivity index (χ3n) is 1.95. The first kappa shape index (κ1) is 10.2. The molecule has 0 bridgehead atoms. The van der Waals surface area contributed by atoms with Gasteiger partial charge in [0.15, 0.2) is 5.82 Å². The van der Waals surface area contributed by atoms with Crippen LogP contribution < -0.4 is 11.1 Å². The van der Waals surface area contributed by atoms with Crippen LogP contribution in [0, 0.1) is 0 Å². The van der Waals surface area contributed by atoms with E-state index in [1.165, 1.54) is 4.68 Å². The van der Waals surface area contributed by atoms with Crippen molar-refractivity contribution in [1.82, 2.24) is 19.6 Å². The highest BCUT2D eigenvalue weighted by Crippen LogP contribution is 2.01. The summed E-state index contributed by atoms with van der Waals surface area (Å²) < 4.78 is 3.08. The van der Waals surface area contributed by atoms with Crippen molar-refractivity contribution < 1.29 is 4.79 Å². The van der Waals surface area contributed by atoms with Crippen molar-refractivity contribution in [1.29, 1.82) is 0 Å². The zero-order valence-electron chi connectivity index (χ0n) is 8.79. The van der Waals surface area contributed by atoms with Crippen LogP contribution in [-0.2, 0) is 18.4 Å². The lowest BCUT2D eigenvalue weighted by atomic mass is 10.5. The highest BCUT2D eigenvalue weighted by molar-refractivity contribution is 5.89. The number of aromatic nitrogens is 4. The van der Waals surface area contributed by atoms with Crippen LogP contribution in [0.3, 0.4) is 0 Å². The highest BCUT2D eigenvalue weighted by Gasteiger charge is 2.05. The van der Waals surface area contributed by atoms with Crippen molar-refractivity contribution in [2.75, 3.05) is 11.1 Å². The third kappa shape index (κ3) is 2.38. The highest BCUT2D eigenvalue weighted by atomic mass is 16.2. The van der Waals surface area contributed by atoms with Gasteiger partial charge < -0.3 is 11.1 Å². The van der Waals surface area contributed by atoms with E-state index in [1.807, 2.05) is 0 Å². The van der Waals surface area contributed by atoms with Crippen molar-refractivity contribution in [2.45, 2.75) is 6.54 Å². The van der Waals surface area contributed by atoms with Crippen molar-refractivity contribution >= 4 is 17.5 Å². The number of aryl methyl sites for hydroxylation is 1. The molecule has 0 saturated carbocycles. The van der Waals surface area contributed by atoms with E-state index in [4.69, 9.17) is 5.73 Å². The van der Waals surface area contributed by atoms with E-state index >= 15 is 0 Å². The standard InChI is InChI=1S/C9H12N6O/c1-14-4-3-8(13-14)11-9(16)6-15-5-2-7(10)12-15/h2-5H,6H2,1H3,(H2,10,12)(H,11,13,16). The van der Waals surface area contributed by atoms with Crippen LogP contribution >= 0.6 is 0 Å². The zero-order valence-corrected chi connectivity index (χ0v) is 8.79. The molecule has 0 unspecified atom stereocenters. The van der Waals surface area contributed by atoms with Crippen LogP contribution in [-0.4, -0.2) is 25.5 Å². The fourth-order valence-electron chi connectivity index (χ4n) is 1.28. The molecule has 0 atom stereocenters. The summed E-state index contributed by atoms with van der Waals surface area (Å²) in [6.45, 7) is 0.119. The van der Waals surface area contributed by atoms with Crippen LogP contribution in [0.4, 0.5) is 11.6 Å². The monoisotopic (exact) mass is 220 g/mol. The van der Waals surface area contributed by atoms with Crippen molar-refractivity contribution in [3.05, 3.63) is 24.5 Å². The molecule has 16 heavy (non-hydrogen) atoms. The molecule has 2 aromatic rings. The van der Waals surface area contributed by atoms with Gasteiger partial charge in [0.2, 0.25) is 5.91 Å². The Labute approximate surface area is 91.8 Å². The van der Waals surface area contributed by atoms with E-state index in [-0.39, 0.29) is 12.5 Å². The van der Waals surface area contributed by atoms with E-state index in [1.54, 1.807) is 36.3 Å². The number of hydrogen-bond donors (Lipinski definition) is 2. The summed E-state index contributed by atoms with van der Waals surface area (Å²) in [4.78, 5) is 11.5. The zero-order chi connectivity index (χ0) is 11.5. The fraction of sp³-hybridized carbons (Fsp3) is 0.222. The number of nitrogens with two attached hydrogens (primary N) is 1. The van der Waals surface area contributed by atoms with E-state index < -0.39 is 0 Å². The van der Waals surface area contributed by atoms with Crippen LogP contribution in [0.1, 0.15) is 0 Å². The summed E-state index contributed by atoms with van der Waals surface area (Å²) >= 11 is 0. The van der Waals surface area contributed by atoms with Gasteiger partial charge in [-0.15, -0.1) is 0 Å². The predicted octanol–water partition coefficient (Wildman–Crippen LogP) is -0.163. The lowest BCUT2D eigenvalue weighted by Gasteiger charge is -2.01. The second-order valence-corrected chi connectivity index (χ2v) is 3.36. The normalized spacial score (nSPS) is 10.3. The largest absolute Gasteiger partial charge is 0.382 e. The van der Waals surface area contributed by atoms with E-state index in [0.29, 0.717) is 11.6 Å². The molecule has 1 amide bonds. The van der Waals surface area contributed by atoms with Gasteiger partial charge in [0.05, 0.1) is 0 Å². The van der Waals surface area contributed by atoms with E-state index in [0.717, 1.165) is 0 Å². The summed E-state index contributed by atoms with van der Waals surface area (Å²) in [5.41, 5.74) is 5.43. The maximum atomic E-state index is 11.5. The first-order valence-corrected chi connectivity index (χ1v) is 4.72. The van der Waals surface area contributed by atoms with E-state index in [2.05, 4.69) is 15.5 Å². The number of rotatable bonds is 3. The molecular formula is C9H12N6O. The molecule has 2 rings (SSSR count). The molecule has 0 radical (unpaired) electrons. The number of carbonyl (C=O) groups is 1. The van der Waals surface area contributed by atoms with Gasteiger partial charge in [-0.1, -0.05) is 0 Å². The minimum atomic E-state index is -0.193. The van der Waals surface area contributed by atoms with Crippen molar-refractivity contribution in [3.63, 3.8) is 0 Å². The fourth-order valence-corrected chi connectivity index (χ4v) is 1.28. The molecule has 3 N–H and O–H groups in total. The predicted molar refractivity (Wildman–Crippen MR) is 58.5 cm³/mol.